The van der Waals surface area contributed by atoms with Crippen LogP contribution in [0.25, 0.3) is 21.5 Å². The number of anilines is 1. The average Bonchev–Trinajstić information content (AvgIpc) is 3.29. The molecule has 5 rings (SSSR count). The number of para-hydroxylation sites is 1. The monoisotopic (exact) mass is 454 g/mol. The van der Waals surface area contributed by atoms with Gasteiger partial charge >= 0.3 is 6.03 Å². The minimum absolute atomic E-state index is 0.212. The maximum atomic E-state index is 12.8. The van der Waals surface area contributed by atoms with Gasteiger partial charge in [0.15, 0.2) is 0 Å². The van der Waals surface area contributed by atoms with E-state index in [-0.39, 0.29) is 12.1 Å². The Morgan fingerprint density at radius 2 is 1.61 bits per heavy atom. The number of aromatic nitrogens is 1. The van der Waals surface area contributed by atoms with Crippen molar-refractivity contribution in [1.29, 1.82) is 0 Å². The van der Waals surface area contributed by atoms with Crippen molar-refractivity contribution in [3.63, 3.8) is 0 Å². The van der Waals surface area contributed by atoms with Crippen LogP contribution in [0.2, 0.25) is 0 Å². The first-order valence-electron chi connectivity index (χ1n) is 11.3. The molecule has 4 aromatic rings. The molecule has 2 N–H and O–H groups in total. The molecule has 1 aromatic heterocycles. The van der Waals surface area contributed by atoms with Crippen LogP contribution in [0.3, 0.4) is 0 Å². The van der Waals surface area contributed by atoms with Gasteiger partial charge in [-0.15, -0.1) is 11.3 Å². The minimum atomic E-state index is -0.305. The first kappa shape index (κ1) is 21.2. The first-order chi connectivity index (χ1) is 16.2. The van der Waals surface area contributed by atoms with Crippen molar-refractivity contribution in [2.45, 2.75) is 19.9 Å². The number of rotatable bonds is 6. The van der Waals surface area contributed by atoms with E-state index in [0.717, 1.165) is 50.7 Å². The highest BCUT2D eigenvalue weighted by Gasteiger charge is 2.32. The standard InChI is InChI=1S/C27H26N4OS/c1-3-31(4-2)20-16-14-19(15-17-20)25-23(26-28-21-12-8-9-13-22(21)33-26)24(29-27(32)30-25)18-10-6-5-7-11-18/h5-17,25H,3-4H2,1-2H3,(H2,29,30,32). The van der Waals surface area contributed by atoms with Crippen LogP contribution in [0.5, 0.6) is 0 Å². The fourth-order valence-corrected chi connectivity index (χ4v) is 5.38. The largest absolute Gasteiger partial charge is 0.372 e. The summed E-state index contributed by atoms with van der Waals surface area (Å²) in [7, 11) is 0. The highest BCUT2D eigenvalue weighted by molar-refractivity contribution is 7.19. The van der Waals surface area contributed by atoms with E-state index in [1.807, 2.05) is 48.5 Å². The van der Waals surface area contributed by atoms with Crippen LogP contribution in [0.4, 0.5) is 10.5 Å². The summed E-state index contributed by atoms with van der Waals surface area (Å²) < 4.78 is 1.12. The Morgan fingerprint density at radius 3 is 2.30 bits per heavy atom. The number of amides is 2. The lowest BCUT2D eigenvalue weighted by molar-refractivity contribution is 0.242. The van der Waals surface area contributed by atoms with Crippen molar-refractivity contribution < 1.29 is 4.79 Å². The Balaban J connectivity index is 1.67. The SMILES string of the molecule is CCN(CC)c1ccc(C2NC(=O)NC(c3ccccc3)=C2c2nc3ccccc3s2)cc1. The zero-order valence-electron chi connectivity index (χ0n) is 18.7. The highest BCUT2D eigenvalue weighted by atomic mass is 32.1. The molecule has 1 atom stereocenters. The van der Waals surface area contributed by atoms with Crippen LogP contribution < -0.4 is 15.5 Å². The third kappa shape index (κ3) is 4.10. The summed E-state index contributed by atoms with van der Waals surface area (Å²) in [4.78, 5) is 20.0. The van der Waals surface area contributed by atoms with E-state index in [2.05, 4.69) is 59.7 Å². The van der Waals surface area contributed by atoms with Crippen molar-refractivity contribution in [3.8, 4) is 0 Å². The zero-order chi connectivity index (χ0) is 22.8. The van der Waals surface area contributed by atoms with Gasteiger partial charge in [-0.25, -0.2) is 9.78 Å². The lowest BCUT2D eigenvalue weighted by atomic mass is 9.93. The van der Waals surface area contributed by atoms with Gasteiger partial charge in [-0.05, 0) is 49.2 Å². The lowest BCUT2D eigenvalue weighted by Gasteiger charge is -2.30. The van der Waals surface area contributed by atoms with E-state index < -0.39 is 0 Å². The van der Waals surface area contributed by atoms with Crippen molar-refractivity contribution in [2.75, 3.05) is 18.0 Å². The summed E-state index contributed by atoms with van der Waals surface area (Å²) in [5.41, 5.74) is 5.92. The van der Waals surface area contributed by atoms with E-state index in [0.29, 0.717) is 0 Å². The Bertz CT molecular complexity index is 1270. The van der Waals surface area contributed by atoms with Crippen molar-refractivity contribution >= 4 is 44.5 Å². The molecular weight excluding hydrogens is 428 g/mol. The second kappa shape index (κ2) is 9.08. The summed E-state index contributed by atoms with van der Waals surface area (Å²) in [5, 5.41) is 7.11. The predicted molar refractivity (Wildman–Crippen MR) is 137 cm³/mol. The quantitative estimate of drug-likeness (QED) is 0.372. The van der Waals surface area contributed by atoms with E-state index in [1.165, 1.54) is 5.69 Å². The van der Waals surface area contributed by atoms with Gasteiger partial charge < -0.3 is 15.5 Å². The molecule has 0 fully saturated rings. The molecular formula is C27H26N4OS. The van der Waals surface area contributed by atoms with E-state index in [1.54, 1.807) is 11.3 Å². The summed E-state index contributed by atoms with van der Waals surface area (Å²) >= 11 is 1.65. The van der Waals surface area contributed by atoms with Gasteiger partial charge in [0.05, 0.1) is 22.0 Å². The van der Waals surface area contributed by atoms with E-state index >= 15 is 0 Å². The Hall–Kier alpha value is -3.64. The number of hydrogen-bond donors (Lipinski definition) is 2. The summed E-state index contributed by atoms with van der Waals surface area (Å²) in [6.45, 7) is 6.22. The molecule has 0 aliphatic carbocycles. The molecule has 1 unspecified atom stereocenters. The number of carbonyl (C=O) groups is 1. The average molecular weight is 455 g/mol. The van der Waals surface area contributed by atoms with Gasteiger partial charge in [0.2, 0.25) is 0 Å². The Kier molecular flexibility index (Phi) is 5.84. The Morgan fingerprint density at radius 1 is 0.909 bits per heavy atom. The van der Waals surface area contributed by atoms with E-state index in [9.17, 15) is 4.79 Å². The molecule has 2 heterocycles. The van der Waals surface area contributed by atoms with Crippen molar-refractivity contribution in [2.24, 2.45) is 0 Å². The van der Waals surface area contributed by atoms with Gasteiger partial charge in [0, 0.05) is 24.4 Å². The maximum absolute atomic E-state index is 12.8. The van der Waals surface area contributed by atoms with Gasteiger partial charge in [-0.3, -0.25) is 0 Å². The smallest absolute Gasteiger partial charge is 0.320 e. The minimum Gasteiger partial charge on any atom is -0.372 e. The first-order valence-corrected chi connectivity index (χ1v) is 12.1. The van der Waals surface area contributed by atoms with Crippen LogP contribution in [0, 0.1) is 0 Å². The third-order valence-corrected chi connectivity index (χ3v) is 7.08. The second-order valence-electron chi connectivity index (χ2n) is 7.94. The molecule has 0 radical (unpaired) electrons. The fraction of sp³-hybridized carbons (Fsp3) is 0.185. The normalized spacial score (nSPS) is 15.9. The highest BCUT2D eigenvalue weighted by Crippen LogP contribution is 2.41. The second-order valence-corrected chi connectivity index (χ2v) is 8.97. The van der Waals surface area contributed by atoms with Crippen LogP contribution in [-0.2, 0) is 0 Å². The molecule has 6 heteroatoms. The number of carbonyl (C=O) groups excluding carboxylic acids is 1. The zero-order valence-corrected chi connectivity index (χ0v) is 19.5. The number of thiazole rings is 1. The fourth-order valence-electron chi connectivity index (χ4n) is 4.33. The number of urea groups is 1. The molecule has 2 amide bonds. The molecule has 166 valence electrons. The molecule has 3 aromatic carbocycles. The Labute approximate surface area is 197 Å². The van der Waals surface area contributed by atoms with Gasteiger partial charge in [0.1, 0.15) is 5.01 Å². The lowest BCUT2D eigenvalue weighted by Crippen LogP contribution is -2.43. The summed E-state index contributed by atoms with van der Waals surface area (Å²) in [5.74, 6) is 0. The van der Waals surface area contributed by atoms with Gasteiger partial charge in [-0.2, -0.15) is 0 Å². The van der Waals surface area contributed by atoms with Crippen LogP contribution >= 0.6 is 11.3 Å². The number of hydrogen-bond acceptors (Lipinski definition) is 4. The summed E-state index contributed by atoms with van der Waals surface area (Å²) in [6.07, 6.45) is 0. The maximum Gasteiger partial charge on any atom is 0.320 e. The molecule has 5 nitrogen and oxygen atoms in total. The molecule has 0 saturated carbocycles. The molecule has 33 heavy (non-hydrogen) atoms. The number of nitrogens with zero attached hydrogens (tertiary/aromatic N) is 2. The van der Waals surface area contributed by atoms with Gasteiger partial charge in [-0.1, -0.05) is 54.6 Å². The van der Waals surface area contributed by atoms with Gasteiger partial charge in [0.25, 0.3) is 0 Å². The number of benzene rings is 3. The van der Waals surface area contributed by atoms with Crippen molar-refractivity contribution in [3.05, 3.63) is 95.0 Å². The van der Waals surface area contributed by atoms with Crippen LogP contribution in [0.15, 0.2) is 78.9 Å². The summed E-state index contributed by atoms with van der Waals surface area (Å²) in [6, 6.07) is 26.1. The molecule has 1 aliphatic rings. The van der Waals surface area contributed by atoms with Crippen molar-refractivity contribution in [1.82, 2.24) is 15.6 Å². The number of fused-ring (bicyclic) bond motifs is 1. The van der Waals surface area contributed by atoms with Crippen LogP contribution in [0.1, 0.15) is 36.0 Å². The van der Waals surface area contributed by atoms with Crippen LogP contribution in [-0.4, -0.2) is 24.1 Å². The molecule has 0 spiro atoms. The van der Waals surface area contributed by atoms with E-state index in [4.69, 9.17) is 4.98 Å². The third-order valence-electron chi connectivity index (χ3n) is 6.01. The molecule has 0 bridgehead atoms. The molecule has 1 aliphatic heterocycles. The molecule has 0 saturated heterocycles. The number of nitrogens with one attached hydrogen (secondary N) is 2. The topological polar surface area (TPSA) is 57.3 Å². The predicted octanol–water partition coefficient (Wildman–Crippen LogP) is 6.06.